The summed E-state index contributed by atoms with van der Waals surface area (Å²) < 4.78 is 33.6. The molecular weight excluding hydrogens is 464 g/mol. The maximum atomic E-state index is 13.7. The van der Waals surface area contributed by atoms with Crippen LogP contribution >= 0.6 is 11.6 Å². The molecule has 170 valence electrons. The summed E-state index contributed by atoms with van der Waals surface area (Å²) in [7, 11) is -2.69. The third-order valence-corrected chi connectivity index (χ3v) is 7.67. The summed E-state index contributed by atoms with van der Waals surface area (Å²) in [5.74, 6) is -0.574. The van der Waals surface area contributed by atoms with Crippen LogP contribution in [0, 0.1) is 0 Å². The normalized spacial score (nSPS) is 16.5. The zero-order valence-electron chi connectivity index (χ0n) is 17.7. The monoisotopic (exact) mass is 484 g/mol. The number of carbonyl (C=O) groups is 2. The zero-order chi connectivity index (χ0) is 23.6. The first-order valence-corrected chi connectivity index (χ1v) is 12.0. The van der Waals surface area contributed by atoms with Gasteiger partial charge in [0.15, 0.2) is 0 Å². The topological polar surface area (TPSA) is 84.0 Å². The first-order valence-electron chi connectivity index (χ1n) is 10.1. The lowest BCUT2D eigenvalue weighted by Gasteiger charge is -2.27. The molecule has 1 aliphatic rings. The standard InChI is InChI=1S/C24H21ClN2O5S/c1-32-19-11-13-20(14-12-19)33(30,31)26(16-17-7-5-6-10-21(17)25)22-15-23(28)27(24(22)29)18-8-3-2-4-9-18/h2-14,22H,15-16H2,1H3. The van der Waals surface area contributed by atoms with Gasteiger partial charge in [0.2, 0.25) is 15.9 Å². The van der Waals surface area contributed by atoms with Crippen molar-refractivity contribution in [3.63, 3.8) is 0 Å². The zero-order valence-corrected chi connectivity index (χ0v) is 19.3. The summed E-state index contributed by atoms with van der Waals surface area (Å²) >= 11 is 6.30. The van der Waals surface area contributed by atoms with Crippen LogP contribution in [0.1, 0.15) is 12.0 Å². The Balaban J connectivity index is 1.76. The van der Waals surface area contributed by atoms with E-state index in [4.69, 9.17) is 16.3 Å². The molecule has 1 saturated heterocycles. The predicted octanol–water partition coefficient (Wildman–Crippen LogP) is 3.87. The van der Waals surface area contributed by atoms with Crippen LogP contribution in [0.15, 0.2) is 83.8 Å². The number of halogens is 1. The number of methoxy groups -OCH3 is 1. The van der Waals surface area contributed by atoms with E-state index >= 15 is 0 Å². The van der Waals surface area contributed by atoms with Crippen molar-refractivity contribution < 1.29 is 22.7 Å². The van der Waals surface area contributed by atoms with Crippen LogP contribution in [-0.2, 0) is 26.2 Å². The van der Waals surface area contributed by atoms with Crippen molar-refractivity contribution in [2.24, 2.45) is 0 Å². The number of para-hydroxylation sites is 1. The third kappa shape index (κ3) is 4.50. The molecule has 1 aliphatic heterocycles. The van der Waals surface area contributed by atoms with Gasteiger partial charge in [0.25, 0.3) is 5.91 Å². The van der Waals surface area contributed by atoms with Gasteiger partial charge in [0.05, 0.1) is 24.1 Å². The number of nitrogens with zero attached hydrogens (tertiary/aromatic N) is 2. The summed E-state index contributed by atoms with van der Waals surface area (Å²) in [5, 5.41) is 0.365. The number of hydrogen-bond acceptors (Lipinski definition) is 5. The summed E-state index contributed by atoms with van der Waals surface area (Å²) in [5.41, 5.74) is 0.921. The molecule has 3 aromatic carbocycles. The molecule has 7 nitrogen and oxygen atoms in total. The van der Waals surface area contributed by atoms with E-state index in [-0.39, 0.29) is 17.9 Å². The molecule has 0 spiro atoms. The number of sulfonamides is 1. The number of hydrogen-bond donors (Lipinski definition) is 0. The quantitative estimate of drug-likeness (QED) is 0.475. The Morgan fingerprint density at radius 3 is 2.24 bits per heavy atom. The largest absolute Gasteiger partial charge is 0.497 e. The number of ether oxygens (including phenoxy) is 1. The minimum atomic E-state index is -4.17. The van der Waals surface area contributed by atoms with Gasteiger partial charge in [-0.3, -0.25) is 9.59 Å². The van der Waals surface area contributed by atoms with E-state index < -0.39 is 27.9 Å². The molecule has 0 aromatic heterocycles. The minimum absolute atomic E-state index is 0.0197. The van der Waals surface area contributed by atoms with E-state index in [9.17, 15) is 18.0 Å². The summed E-state index contributed by atoms with van der Waals surface area (Å²) in [4.78, 5) is 27.2. The Hall–Kier alpha value is -3.20. The number of benzene rings is 3. The molecule has 1 atom stereocenters. The minimum Gasteiger partial charge on any atom is -0.497 e. The van der Waals surface area contributed by atoms with Crippen LogP contribution in [0.25, 0.3) is 0 Å². The molecule has 0 aliphatic carbocycles. The highest BCUT2D eigenvalue weighted by Crippen LogP contribution is 2.32. The van der Waals surface area contributed by atoms with Gasteiger partial charge < -0.3 is 4.74 Å². The Bertz CT molecular complexity index is 1280. The molecule has 1 unspecified atom stereocenters. The Morgan fingerprint density at radius 2 is 1.61 bits per heavy atom. The van der Waals surface area contributed by atoms with Crippen LogP contribution in [0.3, 0.4) is 0 Å². The third-order valence-electron chi connectivity index (χ3n) is 5.43. The molecule has 0 N–H and O–H groups in total. The number of amides is 2. The molecular formula is C24H21ClN2O5S. The highest BCUT2D eigenvalue weighted by Gasteiger charge is 2.47. The second-order valence-corrected chi connectivity index (χ2v) is 9.74. The van der Waals surface area contributed by atoms with Gasteiger partial charge in [0.1, 0.15) is 11.8 Å². The van der Waals surface area contributed by atoms with Crippen LogP contribution in [0.4, 0.5) is 5.69 Å². The van der Waals surface area contributed by atoms with Crippen molar-refractivity contribution in [2.75, 3.05) is 12.0 Å². The fourth-order valence-corrected chi connectivity index (χ4v) is 5.48. The lowest BCUT2D eigenvalue weighted by Crippen LogP contribution is -2.45. The Labute approximate surface area is 197 Å². The molecule has 2 amide bonds. The molecule has 0 saturated carbocycles. The molecule has 3 aromatic rings. The van der Waals surface area contributed by atoms with E-state index in [1.54, 1.807) is 54.6 Å². The summed E-state index contributed by atoms with van der Waals surface area (Å²) in [6.07, 6.45) is -0.270. The SMILES string of the molecule is COc1ccc(S(=O)(=O)N(Cc2ccccc2Cl)C2CC(=O)N(c3ccccc3)C2=O)cc1. The van der Waals surface area contributed by atoms with Gasteiger partial charge in [-0.1, -0.05) is 48.0 Å². The highest BCUT2D eigenvalue weighted by atomic mass is 35.5. The molecule has 0 bridgehead atoms. The molecule has 4 rings (SSSR count). The summed E-state index contributed by atoms with van der Waals surface area (Å²) in [6, 6.07) is 19.9. The van der Waals surface area contributed by atoms with E-state index in [0.717, 1.165) is 9.21 Å². The van der Waals surface area contributed by atoms with Crippen LogP contribution in [0.5, 0.6) is 5.75 Å². The van der Waals surface area contributed by atoms with Crippen LogP contribution in [0.2, 0.25) is 5.02 Å². The molecule has 33 heavy (non-hydrogen) atoms. The maximum absolute atomic E-state index is 13.7. The second kappa shape index (κ2) is 9.35. The fourth-order valence-electron chi connectivity index (χ4n) is 3.73. The van der Waals surface area contributed by atoms with E-state index in [1.165, 1.54) is 31.4 Å². The van der Waals surface area contributed by atoms with Crippen molar-refractivity contribution in [1.29, 1.82) is 0 Å². The van der Waals surface area contributed by atoms with Crippen molar-refractivity contribution in [3.05, 3.63) is 89.4 Å². The first kappa shape index (κ1) is 23.0. The summed E-state index contributed by atoms with van der Waals surface area (Å²) in [6.45, 7) is -0.166. The lowest BCUT2D eigenvalue weighted by atomic mass is 10.2. The first-order chi connectivity index (χ1) is 15.8. The van der Waals surface area contributed by atoms with Gasteiger partial charge in [0, 0.05) is 11.6 Å². The highest BCUT2D eigenvalue weighted by molar-refractivity contribution is 7.89. The van der Waals surface area contributed by atoms with E-state index in [2.05, 4.69) is 0 Å². The predicted molar refractivity (Wildman–Crippen MR) is 125 cm³/mol. The molecule has 0 radical (unpaired) electrons. The Morgan fingerprint density at radius 1 is 0.970 bits per heavy atom. The maximum Gasteiger partial charge on any atom is 0.252 e. The lowest BCUT2D eigenvalue weighted by molar-refractivity contribution is -0.122. The van der Waals surface area contributed by atoms with Crippen LogP contribution in [-0.4, -0.2) is 37.7 Å². The average Bonchev–Trinajstić information content (AvgIpc) is 3.12. The number of imide groups is 1. The number of carbonyl (C=O) groups excluding carboxylic acids is 2. The molecule has 1 heterocycles. The number of rotatable bonds is 7. The molecule has 9 heteroatoms. The van der Waals surface area contributed by atoms with E-state index in [1.807, 2.05) is 0 Å². The van der Waals surface area contributed by atoms with Crippen molar-refractivity contribution in [1.82, 2.24) is 4.31 Å². The Kier molecular flexibility index (Phi) is 6.51. The fraction of sp³-hybridized carbons (Fsp3) is 0.167. The van der Waals surface area contributed by atoms with Gasteiger partial charge >= 0.3 is 0 Å². The smallest absolute Gasteiger partial charge is 0.252 e. The van der Waals surface area contributed by atoms with Crippen molar-refractivity contribution >= 4 is 39.1 Å². The van der Waals surface area contributed by atoms with Gasteiger partial charge in [-0.2, -0.15) is 4.31 Å². The second-order valence-electron chi connectivity index (χ2n) is 7.44. The number of anilines is 1. The van der Waals surface area contributed by atoms with Crippen LogP contribution < -0.4 is 9.64 Å². The van der Waals surface area contributed by atoms with Gasteiger partial charge in [-0.25, -0.2) is 13.3 Å². The van der Waals surface area contributed by atoms with Gasteiger partial charge in [-0.05, 0) is 48.0 Å². The average molecular weight is 485 g/mol. The van der Waals surface area contributed by atoms with E-state index in [0.29, 0.717) is 22.0 Å². The van der Waals surface area contributed by atoms with Gasteiger partial charge in [-0.15, -0.1) is 0 Å². The van der Waals surface area contributed by atoms with Crippen molar-refractivity contribution in [3.8, 4) is 5.75 Å². The molecule has 1 fully saturated rings. The van der Waals surface area contributed by atoms with Crippen molar-refractivity contribution in [2.45, 2.75) is 23.9 Å².